The second-order valence-electron chi connectivity index (χ2n) is 17.3. The van der Waals surface area contributed by atoms with Crippen molar-refractivity contribution in [1.29, 1.82) is 0 Å². The maximum absolute atomic E-state index is 12.9. The van der Waals surface area contributed by atoms with Crippen LogP contribution >= 0.6 is 74.8 Å². The Kier molecular flexibility index (Phi) is 31.3. The molecule has 0 saturated heterocycles. The van der Waals surface area contributed by atoms with Crippen LogP contribution in [0, 0.1) is 21.7 Å². The number of anilines is 1. The van der Waals surface area contributed by atoms with Gasteiger partial charge in [-0.2, -0.15) is 0 Å². The summed E-state index contributed by atoms with van der Waals surface area (Å²) in [4.78, 5) is 8.51. The molecule has 0 unspecified atom stereocenters. The molecule has 0 aliphatic carbocycles. The standard InChI is InChI=1S/C10H13ClO2S.C7H4ClF3O3S.C7H6ClFO3S.C7H7ClO4S.C6H4ClFO2S.C6H4ClNO4S.C6H6ClNO2S/c1-10(2,3)8-5-4-6-9(7-8)14(11,12)13;8-15(12,13)6-3-1-5(2-4-6)14-7(9,10)11;2*1-12-7-3-2-5(4-6(7)9)13(8,10)11;7-11(9,10)6-3-1-2-5(8)4-6;7-13(11,12)6-3-1-2-5(4-6)8(9)10;7-11(9,10)6-3-1-2-5(8)4-6/h4-7H,1-3H3;1-4H;2-4H,1H3;2-4,9H,1H3;1-4H;1-4H;1-4H,8H2. The first-order valence-corrected chi connectivity index (χ1v) is 39.0. The van der Waals surface area contributed by atoms with Gasteiger partial charge >= 0.3 is 6.36 Å². The van der Waals surface area contributed by atoms with Crippen molar-refractivity contribution >= 4 is 150 Å². The molecule has 0 heterocycles. The number of nitrogens with two attached hydrogens (primary N) is 1. The van der Waals surface area contributed by atoms with E-state index in [4.69, 9.17) is 85.2 Å². The molecule has 22 nitrogen and oxygen atoms in total. The Labute approximate surface area is 544 Å². The summed E-state index contributed by atoms with van der Waals surface area (Å²) in [6.07, 6.45) is -4.80. The SMILES string of the molecule is CC(C)(C)c1cccc(S(=O)(=O)Cl)c1.COc1ccc(S(=O)(=O)Cl)cc1F.COc1ccc(S(=O)(=O)Cl)cc1O.Nc1cccc(S(=O)(=O)Cl)c1.O=S(=O)(Cl)c1ccc(OC(F)(F)F)cc1.O=S(=O)(Cl)c1cccc(F)c1.O=[N+]([O-])c1cccc(S(=O)(=O)Cl)c1. The molecule has 0 spiro atoms. The van der Waals surface area contributed by atoms with Crippen molar-refractivity contribution < 1.29 is 105 Å². The number of aromatic hydroxyl groups is 1. The number of nitrogens with zero attached hydrogens (tertiary/aromatic N) is 1. The number of ether oxygens (including phenoxy) is 3. The fraction of sp³-hybridized carbons (Fsp3) is 0.143. The summed E-state index contributed by atoms with van der Waals surface area (Å²) in [7, 11) is 11.3. The maximum Gasteiger partial charge on any atom is 0.573 e. The second kappa shape index (κ2) is 34.3. The predicted octanol–water partition coefficient (Wildman–Crippen LogP) is 13.0. The zero-order chi connectivity index (χ0) is 69.8. The molecule has 0 fully saturated rings. The summed E-state index contributed by atoms with van der Waals surface area (Å²) in [5.74, 6) is -1.97. The monoisotopic (exact) mass is 1540 g/mol. The average molecular weight is 1550 g/mol. The lowest BCUT2D eigenvalue weighted by Crippen LogP contribution is -2.17. The summed E-state index contributed by atoms with van der Waals surface area (Å²) in [6, 6.07) is 31.9. The Balaban J connectivity index is 0.000000526. The number of rotatable bonds is 11. The molecule has 0 bridgehead atoms. The third kappa shape index (κ3) is 31.5. The first kappa shape index (κ1) is 82.3. The lowest BCUT2D eigenvalue weighted by Gasteiger charge is -2.19. The topological polar surface area (TPSA) is 356 Å². The number of hydrogen-bond acceptors (Lipinski definition) is 21. The molecule has 496 valence electrons. The Morgan fingerprint density at radius 3 is 1.16 bits per heavy atom. The van der Waals surface area contributed by atoms with Gasteiger partial charge in [0.25, 0.3) is 69.0 Å². The molecular weight excluding hydrogens is 1500 g/mol. The molecule has 7 rings (SSSR count). The number of alkyl halides is 3. The van der Waals surface area contributed by atoms with Crippen LogP contribution in [0.2, 0.25) is 0 Å². The van der Waals surface area contributed by atoms with Crippen LogP contribution in [0.15, 0.2) is 192 Å². The van der Waals surface area contributed by atoms with Gasteiger partial charge in [0.05, 0.1) is 53.4 Å². The first-order valence-electron chi connectivity index (χ1n) is 22.9. The summed E-state index contributed by atoms with van der Waals surface area (Å²) in [5.41, 5.74) is 6.30. The summed E-state index contributed by atoms with van der Waals surface area (Å²) in [5, 5.41) is 19.5. The van der Waals surface area contributed by atoms with Crippen LogP contribution in [0.5, 0.6) is 23.0 Å². The second-order valence-corrected chi connectivity index (χ2v) is 35.2. The number of non-ortho nitro benzene ring substituents is 1. The van der Waals surface area contributed by atoms with Gasteiger partial charge in [-0.1, -0.05) is 51.1 Å². The fourth-order valence-electron chi connectivity index (χ4n) is 5.57. The van der Waals surface area contributed by atoms with Crippen LogP contribution in [-0.4, -0.2) is 89.5 Å². The normalized spacial score (nSPS) is 11.7. The smallest absolute Gasteiger partial charge is 0.504 e. The largest absolute Gasteiger partial charge is 0.573 e. The van der Waals surface area contributed by atoms with Gasteiger partial charge in [-0.05, 0) is 120 Å². The number of phenols is 1. The number of nitro benzene ring substituents is 1. The van der Waals surface area contributed by atoms with E-state index in [1.807, 2.05) is 26.8 Å². The highest BCUT2D eigenvalue weighted by Gasteiger charge is 2.31. The van der Waals surface area contributed by atoms with Crippen LogP contribution in [0.25, 0.3) is 0 Å². The lowest BCUT2D eigenvalue weighted by molar-refractivity contribution is -0.385. The summed E-state index contributed by atoms with van der Waals surface area (Å²) >= 11 is 0. The Hall–Kier alpha value is -5.73. The minimum Gasteiger partial charge on any atom is -0.504 e. The number of benzene rings is 7. The Bertz CT molecular complexity index is 4310. The van der Waals surface area contributed by atoms with Gasteiger partial charge in [0.2, 0.25) is 0 Å². The van der Waals surface area contributed by atoms with Crippen molar-refractivity contribution in [2.45, 2.75) is 66.8 Å². The highest BCUT2D eigenvalue weighted by atomic mass is 35.7. The van der Waals surface area contributed by atoms with Gasteiger partial charge in [-0.3, -0.25) is 10.1 Å². The molecule has 7 aromatic carbocycles. The van der Waals surface area contributed by atoms with E-state index in [1.165, 1.54) is 93.1 Å². The maximum atomic E-state index is 12.9. The first-order chi connectivity index (χ1) is 40.7. The number of halogens is 12. The van der Waals surface area contributed by atoms with Gasteiger partial charge in [0.1, 0.15) is 11.6 Å². The van der Waals surface area contributed by atoms with Crippen molar-refractivity contribution in [2.75, 3.05) is 20.0 Å². The molecule has 41 heteroatoms. The molecule has 0 saturated carbocycles. The summed E-state index contributed by atoms with van der Waals surface area (Å²) in [6.45, 7) is 6.06. The van der Waals surface area contributed by atoms with Crippen molar-refractivity contribution in [3.8, 4) is 23.0 Å². The van der Waals surface area contributed by atoms with Gasteiger partial charge < -0.3 is 25.1 Å². The minimum atomic E-state index is -4.80. The Morgan fingerprint density at radius 2 is 0.811 bits per heavy atom. The van der Waals surface area contributed by atoms with E-state index in [0.717, 1.165) is 60.2 Å². The predicted molar refractivity (Wildman–Crippen MR) is 328 cm³/mol. The molecule has 0 aromatic heterocycles. The zero-order valence-corrected chi connectivity index (χ0v) is 56.6. The van der Waals surface area contributed by atoms with E-state index >= 15 is 0 Å². The van der Waals surface area contributed by atoms with E-state index in [-0.39, 0.29) is 62.6 Å². The van der Waals surface area contributed by atoms with Crippen LogP contribution < -0.4 is 19.9 Å². The average Bonchev–Trinajstić information content (AvgIpc) is 1.34. The number of methoxy groups -OCH3 is 2. The highest BCUT2D eigenvalue weighted by Crippen LogP contribution is 2.31. The van der Waals surface area contributed by atoms with Crippen LogP contribution in [0.3, 0.4) is 0 Å². The van der Waals surface area contributed by atoms with E-state index in [1.54, 1.807) is 18.2 Å². The van der Waals surface area contributed by atoms with Gasteiger partial charge in [-0.25, -0.2) is 67.7 Å². The van der Waals surface area contributed by atoms with Gasteiger partial charge in [0, 0.05) is 98.7 Å². The molecule has 0 amide bonds. The van der Waals surface area contributed by atoms with E-state index in [0.29, 0.717) is 5.69 Å². The van der Waals surface area contributed by atoms with Crippen LogP contribution in [0.4, 0.5) is 33.3 Å². The van der Waals surface area contributed by atoms with E-state index in [9.17, 15) is 96.1 Å². The number of nitro groups is 1. The van der Waals surface area contributed by atoms with Crippen molar-refractivity contribution in [3.05, 3.63) is 185 Å². The summed E-state index contributed by atoms with van der Waals surface area (Å²) < 4.78 is 224. The molecular formula is C49H44Cl7F5N2O20S7. The molecule has 0 radical (unpaired) electrons. The third-order valence-electron chi connectivity index (χ3n) is 9.68. The van der Waals surface area contributed by atoms with Crippen molar-refractivity contribution in [1.82, 2.24) is 0 Å². The van der Waals surface area contributed by atoms with Crippen LogP contribution in [-0.2, 0) is 68.8 Å². The molecule has 0 aliphatic rings. The molecule has 0 aliphatic heterocycles. The van der Waals surface area contributed by atoms with Gasteiger partial charge in [-0.15, -0.1) is 13.2 Å². The zero-order valence-electron chi connectivity index (χ0n) is 45.6. The quantitative estimate of drug-likeness (QED) is 0.0399. The number of nitrogen functional groups attached to an aromatic ring is 1. The van der Waals surface area contributed by atoms with Crippen molar-refractivity contribution in [2.24, 2.45) is 0 Å². The third-order valence-corrected chi connectivity index (χ3v) is 19.2. The van der Waals surface area contributed by atoms with Gasteiger partial charge in [0.15, 0.2) is 23.1 Å². The number of phenolic OH excluding ortho intramolecular Hbond substituents is 1. The minimum absolute atomic E-state index is 0.0240. The molecule has 0 atom stereocenters. The highest BCUT2D eigenvalue weighted by molar-refractivity contribution is 8.15. The molecule has 90 heavy (non-hydrogen) atoms. The van der Waals surface area contributed by atoms with E-state index < -0.39 is 92.0 Å². The Morgan fingerprint density at radius 1 is 0.456 bits per heavy atom. The van der Waals surface area contributed by atoms with E-state index in [2.05, 4.69) is 9.47 Å². The number of hydrogen-bond donors (Lipinski definition) is 2. The fourth-order valence-corrected chi connectivity index (χ4v) is 11.1. The molecule has 7 aromatic rings. The van der Waals surface area contributed by atoms with Crippen molar-refractivity contribution in [3.63, 3.8) is 0 Å². The lowest BCUT2D eigenvalue weighted by atomic mass is 9.87. The molecule has 3 N–H and O–H groups in total. The van der Waals surface area contributed by atoms with Crippen LogP contribution in [0.1, 0.15) is 26.3 Å².